The number of aliphatic hydroxyl groups is 1. The first-order valence-corrected chi connectivity index (χ1v) is 12.3. The van der Waals surface area contributed by atoms with Crippen molar-refractivity contribution in [1.29, 1.82) is 0 Å². The predicted molar refractivity (Wildman–Crippen MR) is 118 cm³/mol. The van der Waals surface area contributed by atoms with E-state index < -0.39 is 15.4 Å². The molecule has 168 valence electrons. The number of carbonyl (C=O) groups is 1. The second-order valence-electron chi connectivity index (χ2n) is 8.81. The van der Waals surface area contributed by atoms with E-state index in [1.807, 2.05) is 17.0 Å². The molecule has 1 aromatic heterocycles. The van der Waals surface area contributed by atoms with Crippen LogP contribution in [0.1, 0.15) is 33.1 Å². The third-order valence-electron chi connectivity index (χ3n) is 5.37. The van der Waals surface area contributed by atoms with Crippen molar-refractivity contribution in [2.24, 2.45) is 5.92 Å². The van der Waals surface area contributed by atoms with Crippen LogP contribution in [0.4, 0.5) is 0 Å². The molecule has 1 aromatic carbocycles. The van der Waals surface area contributed by atoms with Gasteiger partial charge in [0.15, 0.2) is 9.84 Å². The van der Waals surface area contributed by atoms with Crippen molar-refractivity contribution in [1.82, 2.24) is 9.88 Å². The minimum atomic E-state index is -3.21. The Balaban J connectivity index is 1.48. The third kappa shape index (κ3) is 6.77. The van der Waals surface area contributed by atoms with Crippen molar-refractivity contribution >= 4 is 15.7 Å². The number of ether oxygens (including phenoxy) is 1. The number of nitrogens with zero attached hydrogens (tertiary/aromatic N) is 2. The van der Waals surface area contributed by atoms with Crippen LogP contribution in [0.5, 0.6) is 5.88 Å². The molecule has 0 aliphatic carbocycles. The molecule has 0 spiro atoms. The zero-order valence-electron chi connectivity index (χ0n) is 18.2. The maximum Gasteiger partial charge on any atom is 0.225 e. The number of hydrogen-bond donors (Lipinski definition) is 1. The van der Waals surface area contributed by atoms with Crippen LogP contribution in [-0.4, -0.2) is 60.9 Å². The summed E-state index contributed by atoms with van der Waals surface area (Å²) < 4.78 is 29.0. The Labute approximate surface area is 184 Å². The van der Waals surface area contributed by atoms with Crippen molar-refractivity contribution in [2.75, 3.05) is 26.0 Å². The monoisotopic (exact) mass is 446 g/mol. The van der Waals surface area contributed by atoms with Gasteiger partial charge in [-0.1, -0.05) is 12.1 Å². The van der Waals surface area contributed by atoms with Crippen LogP contribution < -0.4 is 4.74 Å². The third-order valence-corrected chi connectivity index (χ3v) is 6.50. The first-order valence-electron chi connectivity index (χ1n) is 10.4. The van der Waals surface area contributed by atoms with Crippen LogP contribution >= 0.6 is 0 Å². The van der Waals surface area contributed by atoms with E-state index in [2.05, 4.69) is 4.98 Å². The maximum atomic E-state index is 12.2. The van der Waals surface area contributed by atoms with E-state index in [0.29, 0.717) is 31.5 Å². The number of sulfone groups is 1. The molecule has 1 N–H and O–H groups in total. The number of pyridine rings is 1. The Morgan fingerprint density at radius 3 is 2.26 bits per heavy atom. The summed E-state index contributed by atoms with van der Waals surface area (Å²) in [6.45, 7) is 5.20. The smallest absolute Gasteiger partial charge is 0.225 e. The number of aromatic nitrogens is 1. The number of likely N-dealkylation sites (tertiary alicyclic amines) is 1. The summed E-state index contributed by atoms with van der Waals surface area (Å²) in [6, 6.07) is 10.4. The van der Waals surface area contributed by atoms with E-state index in [0.717, 1.165) is 24.0 Å². The van der Waals surface area contributed by atoms with Gasteiger partial charge in [0.25, 0.3) is 0 Å². The fraction of sp³-hybridized carbons (Fsp3) is 0.478. The molecule has 2 aromatic rings. The van der Waals surface area contributed by atoms with Crippen molar-refractivity contribution in [3.8, 4) is 17.0 Å². The molecule has 0 radical (unpaired) electrons. The first-order chi connectivity index (χ1) is 14.5. The Morgan fingerprint density at radius 1 is 1.13 bits per heavy atom. The summed E-state index contributed by atoms with van der Waals surface area (Å²) in [5, 5.41) is 9.82. The average Bonchev–Trinajstić information content (AvgIpc) is 2.71. The fourth-order valence-electron chi connectivity index (χ4n) is 3.57. The van der Waals surface area contributed by atoms with Gasteiger partial charge in [-0.05, 0) is 56.4 Å². The lowest BCUT2D eigenvalue weighted by molar-refractivity contribution is -0.136. The molecule has 3 rings (SSSR count). The van der Waals surface area contributed by atoms with Gasteiger partial charge < -0.3 is 14.7 Å². The van der Waals surface area contributed by atoms with E-state index in [9.17, 15) is 18.3 Å². The van der Waals surface area contributed by atoms with E-state index in [1.165, 1.54) is 6.26 Å². The molecule has 1 fully saturated rings. The van der Waals surface area contributed by atoms with Crippen molar-refractivity contribution in [3.05, 3.63) is 42.6 Å². The average molecular weight is 447 g/mol. The van der Waals surface area contributed by atoms with Crippen LogP contribution in [0.3, 0.4) is 0 Å². The Kier molecular flexibility index (Phi) is 7.01. The number of benzene rings is 1. The van der Waals surface area contributed by atoms with E-state index >= 15 is 0 Å². The largest absolute Gasteiger partial charge is 0.477 e. The molecule has 2 heterocycles. The molecule has 1 aliphatic heterocycles. The molecular weight excluding hydrogens is 416 g/mol. The van der Waals surface area contributed by atoms with Gasteiger partial charge in [0.2, 0.25) is 11.8 Å². The van der Waals surface area contributed by atoms with Crippen molar-refractivity contribution in [3.63, 3.8) is 0 Å². The summed E-state index contributed by atoms with van der Waals surface area (Å²) in [4.78, 5) is 18.7. The standard InChI is InChI=1S/C23H30N2O5S/c1-23(2,27)14-22(26)25-12-10-17(11-13-25)16-30-21-9-6-19(15-24-21)18-4-7-20(8-5-18)31(3,28)29/h4-9,15,17,27H,10-14,16H2,1-3H3. The van der Waals surface area contributed by atoms with Crippen LogP contribution in [-0.2, 0) is 14.6 Å². The molecular formula is C23H30N2O5S. The topological polar surface area (TPSA) is 96.8 Å². The van der Waals surface area contributed by atoms with Gasteiger partial charge >= 0.3 is 0 Å². The summed E-state index contributed by atoms with van der Waals surface area (Å²) >= 11 is 0. The summed E-state index contributed by atoms with van der Waals surface area (Å²) in [6.07, 6.45) is 4.77. The molecule has 31 heavy (non-hydrogen) atoms. The molecule has 0 saturated carbocycles. The Morgan fingerprint density at radius 2 is 1.74 bits per heavy atom. The van der Waals surface area contributed by atoms with Gasteiger partial charge in [-0.15, -0.1) is 0 Å². The second-order valence-corrected chi connectivity index (χ2v) is 10.8. The highest BCUT2D eigenvalue weighted by Gasteiger charge is 2.27. The predicted octanol–water partition coefficient (Wildman–Crippen LogP) is 2.93. The number of piperidine rings is 1. The van der Waals surface area contributed by atoms with E-state index in [4.69, 9.17) is 4.74 Å². The zero-order valence-corrected chi connectivity index (χ0v) is 19.1. The lowest BCUT2D eigenvalue weighted by atomic mass is 9.96. The lowest BCUT2D eigenvalue weighted by Gasteiger charge is -2.33. The molecule has 1 aliphatic rings. The van der Waals surface area contributed by atoms with Gasteiger partial charge in [-0.2, -0.15) is 0 Å². The fourth-order valence-corrected chi connectivity index (χ4v) is 4.20. The van der Waals surface area contributed by atoms with Gasteiger partial charge in [-0.25, -0.2) is 13.4 Å². The molecule has 1 amide bonds. The molecule has 0 bridgehead atoms. The first kappa shape index (κ1) is 23.2. The molecule has 8 heteroatoms. The van der Waals surface area contributed by atoms with Crippen molar-refractivity contribution in [2.45, 2.75) is 43.6 Å². The second kappa shape index (κ2) is 9.36. The molecule has 0 atom stereocenters. The Hall–Kier alpha value is -2.45. The SMILES string of the molecule is CC(C)(O)CC(=O)N1CCC(COc2ccc(-c3ccc(S(C)(=O)=O)cc3)cn2)CC1. The lowest BCUT2D eigenvalue weighted by Crippen LogP contribution is -2.42. The van der Waals surface area contributed by atoms with Crippen LogP contribution in [0.2, 0.25) is 0 Å². The van der Waals surface area contributed by atoms with Crippen LogP contribution in [0.25, 0.3) is 11.1 Å². The number of carbonyl (C=O) groups excluding carboxylic acids is 1. The number of amides is 1. The maximum absolute atomic E-state index is 12.2. The van der Waals surface area contributed by atoms with E-state index in [-0.39, 0.29) is 17.2 Å². The molecule has 7 nitrogen and oxygen atoms in total. The van der Waals surface area contributed by atoms with E-state index in [1.54, 1.807) is 44.3 Å². The number of hydrogen-bond acceptors (Lipinski definition) is 6. The van der Waals surface area contributed by atoms with Gasteiger partial charge in [0.1, 0.15) is 0 Å². The quantitative estimate of drug-likeness (QED) is 0.702. The van der Waals surface area contributed by atoms with Gasteiger partial charge in [0, 0.05) is 37.2 Å². The highest BCUT2D eigenvalue weighted by Crippen LogP contribution is 2.24. The minimum Gasteiger partial charge on any atom is -0.477 e. The number of rotatable bonds is 7. The van der Waals surface area contributed by atoms with Crippen LogP contribution in [0.15, 0.2) is 47.5 Å². The Bertz CT molecular complexity index is 988. The summed E-state index contributed by atoms with van der Waals surface area (Å²) in [5.41, 5.74) is 0.783. The summed E-state index contributed by atoms with van der Waals surface area (Å²) in [5.74, 6) is 0.891. The summed E-state index contributed by atoms with van der Waals surface area (Å²) in [7, 11) is -3.21. The van der Waals surface area contributed by atoms with Crippen LogP contribution in [0, 0.1) is 5.92 Å². The van der Waals surface area contributed by atoms with Crippen molar-refractivity contribution < 1.29 is 23.1 Å². The highest BCUT2D eigenvalue weighted by atomic mass is 32.2. The molecule has 0 unspecified atom stereocenters. The molecule has 1 saturated heterocycles. The van der Waals surface area contributed by atoms with Gasteiger partial charge in [-0.3, -0.25) is 4.79 Å². The highest BCUT2D eigenvalue weighted by molar-refractivity contribution is 7.90. The minimum absolute atomic E-state index is 0.00584. The van der Waals surface area contributed by atoms with Gasteiger partial charge in [0.05, 0.1) is 23.5 Å². The normalized spacial score (nSPS) is 15.7. The zero-order chi connectivity index (χ0) is 22.6.